The van der Waals surface area contributed by atoms with Crippen LogP contribution in [0, 0.1) is 0 Å². The zero-order valence-electron chi connectivity index (χ0n) is 15.8. The van der Waals surface area contributed by atoms with Crippen molar-refractivity contribution in [3.8, 4) is 0 Å². The van der Waals surface area contributed by atoms with Gasteiger partial charge in [0, 0.05) is 5.56 Å². The van der Waals surface area contributed by atoms with Crippen molar-refractivity contribution >= 4 is 17.4 Å². The van der Waals surface area contributed by atoms with E-state index in [2.05, 4.69) is 22.3 Å². The van der Waals surface area contributed by atoms with E-state index in [4.69, 9.17) is 9.57 Å². The highest BCUT2D eigenvalue weighted by Gasteiger charge is 2.30. The lowest BCUT2D eigenvalue weighted by molar-refractivity contribution is -0.137. The predicted octanol–water partition coefficient (Wildman–Crippen LogP) is 4.44. The quantitative estimate of drug-likeness (QED) is 0.591. The van der Waals surface area contributed by atoms with Crippen molar-refractivity contribution in [2.24, 2.45) is 10.3 Å². The fourth-order valence-corrected chi connectivity index (χ4v) is 2.74. The fourth-order valence-electron chi connectivity index (χ4n) is 2.74. The Hall–Kier alpha value is -3.49. The van der Waals surface area contributed by atoms with Crippen LogP contribution in [-0.2, 0) is 22.4 Å². The number of benzene rings is 2. The van der Waals surface area contributed by atoms with E-state index in [9.17, 15) is 13.2 Å². The van der Waals surface area contributed by atoms with E-state index in [0.717, 1.165) is 23.4 Å². The van der Waals surface area contributed by atoms with E-state index in [0.29, 0.717) is 23.1 Å². The Morgan fingerprint density at radius 3 is 2.69 bits per heavy atom. The van der Waals surface area contributed by atoms with Gasteiger partial charge in [0.2, 0.25) is 0 Å². The summed E-state index contributed by atoms with van der Waals surface area (Å²) in [6.07, 6.45) is -4.41. The van der Waals surface area contributed by atoms with Crippen LogP contribution in [0.4, 0.5) is 18.9 Å². The molecule has 2 aromatic rings. The maximum atomic E-state index is 12.9. The number of halogens is 3. The second-order valence-electron chi connectivity index (χ2n) is 6.15. The van der Waals surface area contributed by atoms with E-state index in [-0.39, 0.29) is 6.61 Å². The molecule has 1 aliphatic rings. The number of para-hydroxylation sites is 1. The van der Waals surface area contributed by atoms with Gasteiger partial charge in [-0.2, -0.15) is 13.2 Å². The molecule has 0 unspecified atom stereocenters. The van der Waals surface area contributed by atoms with E-state index < -0.39 is 11.7 Å². The van der Waals surface area contributed by atoms with Crippen molar-refractivity contribution in [3.05, 3.63) is 77.6 Å². The van der Waals surface area contributed by atoms with Crippen LogP contribution in [0.15, 0.2) is 71.2 Å². The van der Waals surface area contributed by atoms with Crippen LogP contribution >= 0.6 is 0 Å². The highest BCUT2D eigenvalue weighted by molar-refractivity contribution is 5.98. The molecule has 6 nitrogen and oxygen atoms in total. The third kappa shape index (κ3) is 4.50. The average molecular weight is 404 g/mol. The number of alkyl halides is 3. The van der Waals surface area contributed by atoms with Crippen LogP contribution < -0.4 is 10.3 Å². The summed E-state index contributed by atoms with van der Waals surface area (Å²) in [4.78, 5) is 7.10. The van der Waals surface area contributed by atoms with Crippen molar-refractivity contribution in [3.63, 3.8) is 0 Å². The van der Waals surface area contributed by atoms with Crippen molar-refractivity contribution in [2.75, 3.05) is 12.0 Å². The normalized spacial score (nSPS) is 14.5. The molecule has 0 atom stereocenters. The first kappa shape index (κ1) is 20.2. The third-order valence-corrected chi connectivity index (χ3v) is 4.19. The average Bonchev–Trinajstić information content (AvgIpc) is 3.08. The maximum Gasteiger partial charge on any atom is 0.416 e. The number of hydrazone groups is 1. The highest BCUT2D eigenvalue weighted by atomic mass is 19.4. The van der Waals surface area contributed by atoms with Crippen LogP contribution in [0.5, 0.6) is 0 Å². The number of methoxy groups -OCH3 is 1. The van der Waals surface area contributed by atoms with Crippen molar-refractivity contribution in [1.82, 2.24) is 5.43 Å². The number of hydrogen-bond donors (Lipinski definition) is 1. The predicted molar refractivity (Wildman–Crippen MR) is 104 cm³/mol. The molecule has 0 saturated carbocycles. The van der Waals surface area contributed by atoms with Crippen LogP contribution in [0.25, 0.3) is 0 Å². The number of nitrogens with zero attached hydrogens (tertiary/aromatic N) is 3. The van der Waals surface area contributed by atoms with E-state index in [1.807, 2.05) is 24.3 Å². The van der Waals surface area contributed by atoms with Gasteiger partial charge in [-0.05, 0) is 30.7 Å². The van der Waals surface area contributed by atoms with E-state index in [1.165, 1.54) is 13.2 Å². The van der Waals surface area contributed by atoms with E-state index in [1.54, 1.807) is 17.9 Å². The summed E-state index contributed by atoms with van der Waals surface area (Å²) in [5.74, 6) is 0.512. The SMILES string of the molecule is C=C1NN=C(OC)N1c1ccccc1CO/N=C(\C)c1cccc(C(F)(F)F)c1. The first-order valence-corrected chi connectivity index (χ1v) is 8.60. The van der Waals surface area contributed by atoms with Gasteiger partial charge >= 0.3 is 12.2 Å². The molecule has 3 rings (SSSR count). The summed E-state index contributed by atoms with van der Waals surface area (Å²) in [6.45, 7) is 5.56. The Kier molecular flexibility index (Phi) is 5.76. The van der Waals surface area contributed by atoms with Gasteiger partial charge in [0.1, 0.15) is 12.4 Å². The van der Waals surface area contributed by atoms with Crippen molar-refractivity contribution in [2.45, 2.75) is 19.7 Å². The number of hydrogen-bond acceptors (Lipinski definition) is 6. The Balaban J connectivity index is 1.76. The second kappa shape index (κ2) is 8.26. The van der Waals surface area contributed by atoms with Gasteiger partial charge in [0.25, 0.3) is 0 Å². The Labute approximate surface area is 165 Å². The Bertz CT molecular complexity index is 970. The van der Waals surface area contributed by atoms with Crippen LogP contribution in [0.1, 0.15) is 23.6 Å². The Morgan fingerprint density at radius 2 is 1.97 bits per heavy atom. The minimum absolute atomic E-state index is 0.0905. The smallest absolute Gasteiger partial charge is 0.416 e. The molecule has 0 bridgehead atoms. The highest BCUT2D eigenvalue weighted by Crippen LogP contribution is 2.30. The molecular formula is C20H19F3N4O2. The van der Waals surface area contributed by atoms with Crippen LogP contribution in [0.3, 0.4) is 0 Å². The van der Waals surface area contributed by atoms with Gasteiger partial charge in [-0.3, -0.25) is 5.43 Å². The molecule has 9 heteroatoms. The van der Waals surface area contributed by atoms with Gasteiger partial charge < -0.3 is 9.57 Å². The summed E-state index contributed by atoms with van der Waals surface area (Å²) in [7, 11) is 1.49. The number of amidine groups is 1. The van der Waals surface area contributed by atoms with Gasteiger partial charge in [-0.25, -0.2) is 4.90 Å². The number of rotatable bonds is 5. The molecule has 0 amide bonds. The van der Waals surface area contributed by atoms with Crippen LogP contribution in [-0.4, -0.2) is 18.8 Å². The lowest BCUT2D eigenvalue weighted by Gasteiger charge is -2.21. The Morgan fingerprint density at radius 1 is 1.21 bits per heavy atom. The van der Waals surface area contributed by atoms with E-state index >= 15 is 0 Å². The number of oxime groups is 1. The molecule has 0 radical (unpaired) electrons. The molecule has 1 aliphatic heterocycles. The largest absolute Gasteiger partial charge is 0.467 e. The first-order valence-electron chi connectivity index (χ1n) is 8.60. The minimum Gasteiger partial charge on any atom is -0.467 e. The molecule has 152 valence electrons. The zero-order valence-corrected chi connectivity index (χ0v) is 15.8. The molecule has 0 aliphatic carbocycles. The van der Waals surface area contributed by atoms with Gasteiger partial charge in [-0.15, -0.1) is 5.10 Å². The summed E-state index contributed by atoms with van der Waals surface area (Å²) >= 11 is 0. The lowest BCUT2D eigenvalue weighted by Crippen LogP contribution is -2.28. The molecule has 0 saturated heterocycles. The summed E-state index contributed by atoms with van der Waals surface area (Å²) < 4.78 is 43.9. The second-order valence-corrected chi connectivity index (χ2v) is 6.15. The number of nitrogens with one attached hydrogen (secondary N) is 1. The monoisotopic (exact) mass is 404 g/mol. The molecule has 29 heavy (non-hydrogen) atoms. The summed E-state index contributed by atoms with van der Waals surface area (Å²) in [5, 5.41) is 7.99. The standard InChI is InChI=1S/C20H19F3N4O2/c1-13(15-8-6-9-17(11-15)20(21,22)23)26-29-12-16-7-4-5-10-18(16)27-14(2)24-25-19(27)28-3/h4-11,24H,2,12H2,1,3H3/b26-13+. The van der Waals surface area contributed by atoms with Crippen LogP contribution in [0.2, 0.25) is 0 Å². The minimum atomic E-state index is -4.41. The maximum absolute atomic E-state index is 12.9. The number of ether oxygens (including phenoxy) is 1. The molecular weight excluding hydrogens is 385 g/mol. The topological polar surface area (TPSA) is 58.5 Å². The van der Waals surface area contributed by atoms with Gasteiger partial charge in [0.15, 0.2) is 0 Å². The van der Waals surface area contributed by atoms with Gasteiger partial charge in [-0.1, -0.05) is 42.1 Å². The summed E-state index contributed by atoms with van der Waals surface area (Å²) in [6, 6.07) is 12.6. The molecule has 0 spiro atoms. The molecule has 0 aromatic heterocycles. The lowest BCUT2D eigenvalue weighted by atomic mass is 10.1. The zero-order chi connectivity index (χ0) is 21.0. The first-order chi connectivity index (χ1) is 13.8. The summed E-state index contributed by atoms with van der Waals surface area (Å²) in [5.41, 5.74) is 4.17. The molecule has 1 N–H and O–H groups in total. The van der Waals surface area contributed by atoms with Crippen molar-refractivity contribution in [1.29, 1.82) is 0 Å². The third-order valence-electron chi connectivity index (χ3n) is 4.19. The van der Waals surface area contributed by atoms with Crippen molar-refractivity contribution < 1.29 is 22.7 Å². The molecule has 0 fully saturated rings. The fraction of sp³-hybridized carbons (Fsp3) is 0.200. The molecule has 1 heterocycles. The molecule has 2 aromatic carbocycles. The van der Waals surface area contributed by atoms with Gasteiger partial charge in [0.05, 0.1) is 24.1 Å². The number of anilines is 1.